The topological polar surface area (TPSA) is 97.1 Å². The summed E-state index contributed by atoms with van der Waals surface area (Å²) in [6, 6.07) is 5.63. The first-order valence-electron chi connectivity index (χ1n) is 5.82. The van der Waals surface area contributed by atoms with E-state index in [0.29, 0.717) is 5.75 Å². The number of esters is 1. The lowest BCUT2D eigenvalue weighted by Gasteiger charge is -2.11. The molecule has 8 nitrogen and oxygen atoms in total. The van der Waals surface area contributed by atoms with Gasteiger partial charge in [-0.1, -0.05) is 0 Å². The monoisotopic (exact) mass is 283 g/mol. The van der Waals surface area contributed by atoms with Crippen molar-refractivity contribution in [2.75, 3.05) is 20.3 Å². The van der Waals surface area contributed by atoms with Crippen molar-refractivity contribution in [1.82, 2.24) is 0 Å². The number of rotatable bonds is 5. The zero-order valence-corrected chi connectivity index (χ0v) is 10.7. The van der Waals surface area contributed by atoms with Crippen LogP contribution < -0.4 is 4.74 Å². The summed E-state index contributed by atoms with van der Waals surface area (Å²) >= 11 is 0. The second-order valence-corrected chi connectivity index (χ2v) is 3.97. The summed E-state index contributed by atoms with van der Waals surface area (Å²) in [6.45, 7) is 0.187. The first-order valence-corrected chi connectivity index (χ1v) is 5.82. The van der Waals surface area contributed by atoms with E-state index in [2.05, 4.69) is 4.74 Å². The molecule has 8 heteroatoms. The molecule has 0 aromatic heterocycles. The van der Waals surface area contributed by atoms with Crippen molar-refractivity contribution in [3.8, 4) is 5.75 Å². The van der Waals surface area contributed by atoms with Gasteiger partial charge in [-0.15, -0.1) is 0 Å². The van der Waals surface area contributed by atoms with Gasteiger partial charge in [-0.3, -0.25) is 10.1 Å². The Balaban J connectivity index is 1.81. The van der Waals surface area contributed by atoms with Crippen molar-refractivity contribution in [1.29, 1.82) is 0 Å². The van der Waals surface area contributed by atoms with Crippen LogP contribution in [0.2, 0.25) is 0 Å². The Morgan fingerprint density at radius 1 is 1.45 bits per heavy atom. The first-order chi connectivity index (χ1) is 9.60. The number of nitro groups is 1. The zero-order chi connectivity index (χ0) is 14.5. The Morgan fingerprint density at radius 3 is 2.75 bits per heavy atom. The normalized spacial score (nSPS) is 21.4. The van der Waals surface area contributed by atoms with Crippen LogP contribution in [-0.4, -0.2) is 43.6 Å². The van der Waals surface area contributed by atoms with Crippen LogP contribution in [0, 0.1) is 10.1 Å². The molecule has 1 unspecified atom stereocenters. The number of carbonyl (C=O) groups excluding carboxylic acids is 1. The van der Waals surface area contributed by atoms with E-state index in [-0.39, 0.29) is 18.9 Å². The molecular formula is C12H13NO7. The summed E-state index contributed by atoms with van der Waals surface area (Å²) < 4.78 is 20.4. The van der Waals surface area contributed by atoms with Gasteiger partial charge in [-0.05, 0) is 12.1 Å². The molecule has 1 aliphatic heterocycles. The maximum Gasteiger partial charge on any atom is 0.337 e. The molecule has 0 spiro atoms. The number of carbonyl (C=O) groups is 1. The molecule has 2 rings (SSSR count). The third-order valence-corrected chi connectivity index (χ3v) is 2.65. The molecule has 0 amide bonds. The number of hydrogen-bond donors (Lipinski definition) is 0. The third kappa shape index (κ3) is 3.43. The van der Waals surface area contributed by atoms with Gasteiger partial charge < -0.3 is 18.9 Å². The van der Waals surface area contributed by atoms with Crippen molar-refractivity contribution < 1.29 is 28.7 Å². The first kappa shape index (κ1) is 14.2. The molecule has 0 N–H and O–H groups in total. The summed E-state index contributed by atoms with van der Waals surface area (Å²) in [5.41, 5.74) is -0.0172. The molecule has 1 aromatic rings. The standard InChI is InChI=1S/C12H13NO7/c1-17-12(14)10-6-19-11(20-10)7-18-9-4-2-8(3-5-9)13(15)16/h2-5,10-11H,6-7H2,1H3/t10-,11?/m1/s1. The number of non-ortho nitro benzene ring substituents is 1. The van der Waals surface area contributed by atoms with Gasteiger partial charge in [-0.25, -0.2) is 4.79 Å². The fourth-order valence-corrected chi connectivity index (χ4v) is 1.63. The fourth-order valence-electron chi connectivity index (χ4n) is 1.63. The second kappa shape index (κ2) is 6.31. The summed E-state index contributed by atoms with van der Waals surface area (Å²) in [5.74, 6) is -0.0489. The molecule has 0 radical (unpaired) electrons. The molecular weight excluding hydrogens is 270 g/mol. The van der Waals surface area contributed by atoms with Gasteiger partial charge in [0.05, 0.1) is 18.6 Å². The average Bonchev–Trinajstić information content (AvgIpc) is 2.93. The number of hydrogen-bond acceptors (Lipinski definition) is 7. The van der Waals surface area contributed by atoms with Gasteiger partial charge in [0.15, 0.2) is 12.4 Å². The average molecular weight is 283 g/mol. The summed E-state index contributed by atoms with van der Waals surface area (Å²) in [6.07, 6.45) is -1.42. The van der Waals surface area contributed by atoms with Crippen LogP contribution in [0.3, 0.4) is 0 Å². The van der Waals surface area contributed by atoms with E-state index in [9.17, 15) is 14.9 Å². The van der Waals surface area contributed by atoms with E-state index in [1.54, 1.807) is 0 Å². The van der Waals surface area contributed by atoms with Crippen molar-refractivity contribution in [2.45, 2.75) is 12.4 Å². The zero-order valence-electron chi connectivity index (χ0n) is 10.7. The van der Waals surface area contributed by atoms with E-state index in [0.717, 1.165) is 0 Å². The highest BCUT2D eigenvalue weighted by Crippen LogP contribution is 2.19. The van der Waals surface area contributed by atoms with Gasteiger partial charge in [0.2, 0.25) is 0 Å². The molecule has 1 aliphatic rings. The predicted molar refractivity (Wildman–Crippen MR) is 65.2 cm³/mol. The van der Waals surface area contributed by atoms with Gasteiger partial charge >= 0.3 is 5.97 Å². The van der Waals surface area contributed by atoms with Crippen LogP contribution in [-0.2, 0) is 19.0 Å². The predicted octanol–water partition coefficient (Wildman–Crippen LogP) is 0.888. The molecule has 0 saturated carbocycles. The number of nitrogens with zero attached hydrogens (tertiary/aromatic N) is 1. The minimum Gasteiger partial charge on any atom is -0.488 e. The van der Waals surface area contributed by atoms with E-state index >= 15 is 0 Å². The van der Waals surface area contributed by atoms with Crippen molar-refractivity contribution >= 4 is 11.7 Å². The second-order valence-electron chi connectivity index (χ2n) is 3.97. The molecule has 108 valence electrons. The summed E-state index contributed by atoms with van der Waals surface area (Å²) in [5, 5.41) is 10.5. The molecule has 1 heterocycles. The maximum absolute atomic E-state index is 11.2. The highest BCUT2D eigenvalue weighted by atomic mass is 16.7. The van der Waals surface area contributed by atoms with E-state index in [4.69, 9.17) is 14.2 Å². The van der Waals surface area contributed by atoms with E-state index < -0.39 is 23.3 Å². The Kier molecular flexibility index (Phi) is 4.49. The number of methoxy groups -OCH3 is 1. The Bertz CT molecular complexity index is 487. The molecule has 1 saturated heterocycles. The lowest BCUT2D eigenvalue weighted by atomic mass is 10.3. The Hall–Kier alpha value is -2.19. The van der Waals surface area contributed by atoms with Gasteiger partial charge in [0, 0.05) is 12.1 Å². The molecule has 0 aliphatic carbocycles. The third-order valence-electron chi connectivity index (χ3n) is 2.65. The van der Waals surface area contributed by atoms with Crippen LogP contribution in [0.5, 0.6) is 5.75 Å². The largest absolute Gasteiger partial charge is 0.488 e. The molecule has 20 heavy (non-hydrogen) atoms. The van der Waals surface area contributed by atoms with Gasteiger partial charge in [-0.2, -0.15) is 0 Å². The summed E-state index contributed by atoms with van der Waals surface area (Å²) in [4.78, 5) is 21.2. The summed E-state index contributed by atoms with van der Waals surface area (Å²) in [7, 11) is 1.27. The molecule has 1 aromatic carbocycles. The lowest BCUT2D eigenvalue weighted by molar-refractivity contribution is -0.384. The van der Waals surface area contributed by atoms with Crippen molar-refractivity contribution in [3.63, 3.8) is 0 Å². The molecule has 1 fully saturated rings. The molecule has 2 atom stereocenters. The van der Waals surface area contributed by atoms with Crippen molar-refractivity contribution in [2.24, 2.45) is 0 Å². The highest BCUT2D eigenvalue weighted by Gasteiger charge is 2.32. The Morgan fingerprint density at radius 2 is 2.15 bits per heavy atom. The SMILES string of the molecule is COC(=O)[C@H]1COC(COc2ccc([N+](=O)[O-])cc2)O1. The minimum atomic E-state index is -0.745. The van der Waals surface area contributed by atoms with E-state index in [1.807, 2.05) is 0 Å². The Labute approximate surface area is 114 Å². The van der Waals surface area contributed by atoms with Gasteiger partial charge in [0.1, 0.15) is 12.4 Å². The number of benzene rings is 1. The quantitative estimate of drug-likeness (QED) is 0.449. The molecule has 0 bridgehead atoms. The van der Waals surface area contributed by atoms with Crippen LogP contribution in [0.1, 0.15) is 0 Å². The van der Waals surface area contributed by atoms with E-state index in [1.165, 1.54) is 31.4 Å². The van der Waals surface area contributed by atoms with Crippen LogP contribution in [0.15, 0.2) is 24.3 Å². The highest BCUT2D eigenvalue weighted by molar-refractivity contribution is 5.74. The van der Waals surface area contributed by atoms with Crippen LogP contribution in [0.25, 0.3) is 0 Å². The smallest absolute Gasteiger partial charge is 0.337 e. The number of ether oxygens (including phenoxy) is 4. The lowest BCUT2D eigenvalue weighted by Crippen LogP contribution is -2.26. The van der Waals surface area contributed by atoms with Crippen LogP contribution >= 0.6 is 0 Å². The van der Waals surface area contributed by atoms with Gasteiger partial charge in [0.25, 0.3) is 5.69 Å². The fraction of sp³-hybridized carbons (Fsp3) is 0.417. The minimum absolute atomic E-state index is 0.0172. The maximum atomic E-state index is 11.2. The van der Waals surface area contributed by atoms with Crippen molar-refractivity contribution in [3.05, 3.63) is 34.4 Å². The number of nitro benzene ring substituents is 1. The van der Waals surface area contributed by atoms with Crippen LogP contribution in [0.4, 0.5) is 5.69 Å².